The molecule has 0 aliphatic heterocycles. The number of rotatable bonds is 5. The van der Waals surface area contributed by atoms with E-state index in [4.69, 9.17) is 0 Å². The third kappa shape index (κ3) is 4.21. The summed E-state index contributed by atoms with van der Waals surface area (Å²) in [6.07, 6.45) is 2.15. The molecule has 0 aromatic heterocycles. The molecule has 0 fully saturated rings. The molecule has 7 rings (SSSR count). The van der Waals surface area contributed by atoms with Gasteiger partial charge in [0.2, 0.25) is 0 Å². The Bertz CT molecular complexity index is 1840. The fourth-order valence-electron chi connectivity index (χ4n) is 7.44. The number of anilines is 3. The highest BCUT2D eigenvalue weighted by Crippen LogP contribution is 2.53. The highest BCUT2D eigenvalue weighted by molar-refractivity contribution is 5.88. The standard InChI is InChI=1S/C42H39N/c1-27(2)24-28(3)29-16-18-30(19-17-29)43(31-20-22-35-33-12-8-10-14-37(33)41(4,5)39(35)25-31)32-21-23-36-34-13-9-11-15-38(34)42(6,7)40(36)26-32/h8-26H,1H2,2-7H3. The Morgan fingerprint density at radius 1 is 0.535 bits per heavy atom. The van der Waals surface area contributed by atoms with E-state index in [0.717, 1.165) is 11.3 Å². The fourth-order valence-corrected chi connectivity index (χ4v) is 7.44. The van der Waals surface area contributed by atoms with Crippen LogP contribution in [0.4, 0.5) is 17.1 Å². The molecule has 5 aromatic carbocycles. The number of fused-ring (bicyclic) bond motifs is 6. The van der Waals surface area contributed by atoms with Crippen LogP contribution in [0, 0.1) is 0 Å². The molecule has 2 aliphatic rings. The molecule has 0 saturated heterocycles. The van der Waals surface area contributed by atoms with Crippen molar-refractivity contribution in [1.82, 2.24) is 0 Å². The maximum atomic E-state index is 4.07. The molecule has 0 bridgehead atoms. The van der Waals surface area contributed by atoms with Gasteiger partial charge in [-0.1, -0.05) is 119 Å². The summed E-state index contributed by atoms with van der Waals surface area (Å²) in [6.45, 7) is 17.7. The van der Waals surface area contributed by atoms with Crippen LogP contribution >= 0.6 is 0 Å². The summed E-state index contributed by atoms with van der Waals surface area (Å²) >= 11 is 0. The summed E-state index contributed by atoms with van der Waals surface area (Å²) in [5.74, 6) is 0. The molecule has 212 valence electrons. The highest BCUT2D eigenvalue weighted by Gasteiger charge is 2.37. The molecule has 1 nitrogen and oxygen atoms in total. The summed E-state index contributed by atoms with van der Waals surface area (Å²) in [5.41, 5.74) is 17.8. The summed E-state index contributed by atoms with van der Waals surface area (Å²) < 4.78 is 0. The first-order valence-electron chi connectivity index (χ1n) is 15.3. The van der Waals surface area contributed by atoms with Crippen LogP contribution in [0.5, 0.6) is 0 Å². The van der Waals surface area contributed by atoms with Gasteiger partial charge in [0.25, 0.3) is 0 Å². The lowest BCUT2D eigenvalue weighted by Gasteiger charge is -2.30. The molecule has 43 heavy (non-hydrogen) atoms. The normalized spacial score (nSPS) is 15.3. The van der Waals surface area contributed by atoms with Gasteiger partial charge in [-0.2, -0.15) is 0 Å². The topological polar surface area (TPSA) is 3.24 Å². The molecule has 0 atom stereocenters. The van der Waals surface area contributed by atoms with E-state index in [1.165, 1.54) is 67.0 Å². The summed E-state index contributed by atoms with van der Waals surface area (Å²) in [5, 5.41) is 0. The van der Waals surface area contributed by atoms with Crippen molar-refractivity contribution in [2.75, 3.05) is 4.90 Å². The number of hydrogen-bond acceptors (Lipinski definition) is 1. The van der Waals surface area contributed by atoms with E-state index in [9.17, 15) is 0 Å². The largest absolute Gasteiger partial charge is 0.310 e. The zero-order valence-electron chi connectivity index (χ0n) is 26.1. The van der Waals surface area contributed by atoms with Gasteiger partial charge in [0, 0.05) is 27.9 Å². The van der Waals surface area contributed by atoms with Crippen molar-refractivity contribution in [3.8, 4) is 22.3 Å². The summed E-state index contributed by atoms with van der Waals surface area (Å²) in [4.78, 5) is 2.43. The Hall–Kier alpha value is -4.62. The van der Waals surface area contributed by atoms with E-state index in [-0.39, 0.29) is 10.8 Å². The smallest absolute Gasteiger partial charge is 0.0465 e. The lowest BCUT2D eigenvalue weighted by atomic mass is 9.82. The van der Waals surface area contributed by atoms with Crippen molar-refractivity contribution in [3.05, 3.63) is 155 Å². The molecule has 1 heteroatoms. The molecule has 2 aliphatic carbocycles. The zero-order valence-corrected chi connectivity index (χ0v) is 26.1. The minimum Gasteiger partial charge on any atom is -0.310 e. The Kier molecular flexibility index (Phi) is 6.15. The Balaban J connectivity index is 1.40. The first-order valence-corrected chi connectivity index (χ1v) is 15.3. The molecule has 0 unspecified atom stereocenters. The number of nitrogens with zero attached hydrogens (tertiary/aromatic N) is 1. The molecule has 0 heterocycles. The fraction of sp³-hybridized carbons (Fsp3) is 0.190. The van der Waals surface area contributed by atoms with Crippen LogP contribution in [-0.2, 0) is 10.8 Å². The summed E-state index contributed by atoms with van der Waals surface area (Å²) in [6, 6.07) is 40.8. The number of allylic oxidation sites excluding steroid dienone is 3. The van der Waals surface area contributed by atoms with E-state index in [1.807, 2.05) is 6.92 Å². The minimum atomic E-state index is -0.0660. The van der Waals surface area contributed by atoms with Crippen molar-refractivity contribution in [1.29, 1.82) is 0 Å². The average Bonchev–Trinajstić information content (AvgIpc) is 3.37. The second-order valence-corrected chi connectivity index (χ2v) is 13.4. The molecule has 0 N–H and O–H groups in total. The lowest BCUT2D eigenvalue weighted by molar-refractivity contribution is 0.660. The van der Waals surface area contributed by atoms with Crippen molar-refractivity contribution in [2.45, 2.75) is 52.4 Å². The monoisotopic (exact) mass is 557 g/mol. The van der Waals surface area contributed by atoms with Crippen molar-refractivity contribution in [2.24, 2.45) is 0 Å². The Labute approximate surface area is 256 Å². The molecule has 0 radical (unpaired) electrons. The quantitative estimate of drug-likeness (QED) is 0.194. The van der Waals surface area contributed by atoms with E-state index >= 15 is 0 Å². The van der Waals surface area contributed by atoms with Crippen LogP contribution in [0.2, 0.25) is 0 Å². The predicted molar refractivity (Wildman–Crippen MR) is 185 cm³/mol. The van der Waals surface area contributed by atoms with Gasteiger partial charge in [0.1, 0.15) is 0 Å². The van der Waals surface area contributed by atoms with Gasteiger partial charge in [-0.15, -0.1) is 0 Å². The van der Waals surface area contributed by atoms with E-state index < -0.39 is 0 Å². The first kappa shape index (κ1) is 27.2. The molecular formula is C42H39N. The van der Waals surface area contributed by atoms with Crippen LogP contribution < -0.4 is 4.90 Å². The molecule has 0 spiro atoms. The third-order valence-electron chi connectivity index (χ3n) is 9.69. The molecular weight excluding hydrogens is 518 g/mol. The molecule has 0 saturated carbocycles. The van der Waals surface area contributed by atoms with Crippen LogP contribution in [0.15, 0.2) is 127 Å². The SMILES string of the molecule is C=C(C)C=C(C)c1ccc(N(c2ccc3c(c2)C(C)(C)c2ccccc2-3)c2ccc3c(c2)C(C)(C)c2ccccc2-3)cc1. The van der Waals surface area contributed by atoms with Crippen molar-refractivity contribution < 1.29 is 0 Å². The zero-order chi connectivity index (χ0) is 30.1. The first-order chi connectivity index (χ1) is 20.6. The average molecular weight is 558 g/mol. The Morgan fingerprint density at radius 2 is 0.953 bits per heavy atom. The maximum Gasteiger partial charge on any atom is 0.0465 e. The van der Waals surface area contributed by atoms with Crippen molar-refractivity contribution >= 4 is 22.6 Å². The second kappa shape index (κ2) is 9.71. The van der Waals surface area contributed by atoms with Gasteiger partial charge in [-0.3, -0.25) is 0 Å². The van der Waals surface area contributed by atoms with Crippen LogP contribution in [0.25, 0.3) is 27.8 Å². The van der Waals surface area contributed by atoms with Crippen LogP contribution in [0.1, 0.15) is 69.4 Å². The predicted octanol–water partition coefficient (Wildman–Crippen LogP) is 11.7. The van der Waals surface area contributed by atoms with E-state index in [1.54, 1.807) is 0 Å². The van der Waals surface area contributed by atoms with Crippen LogP contribution in [0.3, 0.4) is 0 Å². The lowest BCUT2D eigenvalue weighted by Crippen LogP contribution is -2.18. The molecule has 5 aromatic rings. The minimum absolute atomic E-state index is 0.0660. The van der Waals surface area contributed by atoms with Gasteiger partial charge < -0.3 is 4.90 Å². The van der Waals surface area contributed by atoms with E-state index in [0.29, 0.717) is 0 Å². The van der Waals surface area contributed by atoms with Crippen LogP contribution in [-0.4, -0.2) is 0 Å². The van der Waals surface area contributed by atoms with Gasteiger partial charge in [0.15, 0.2) is 0 Å². The van der Waals surface area contributed by atoms with Gasteiger partial charge in [0.05, 0.1) is 0 Å². The Morgan fingerprint density at radius 3 is 1.42 bits per heavy atom. The molecule has 0 amide bonds. The third-order valence-corrected chi connectivity index (χ3v) is 9.69. The van der Waals surface area contributed by atoms with E-state index in [2.05, 4.69) is 161 Å². The highest BCUT2D eigenvalue weighted by atomic mass is 15.1. The number of benzene rings is 5. The second-order valence-electron chi connectivity index (χ2n) is 13.4. The van der Waals surface area contributed by atoms with Gasteiger partial charge >= 0.3 is 0 Å². The van der Waals surface area contributed by atoms with Gasteiger partial charge in [-0.25, -0.2) is 0 Å². The maximum absolute atomic E-state index is 4.07. The van der Waals surface area contributed by atoms with Gasteiger partial charge in [-0.05, 0) is 106 Å². The van der Waals surface area contributed by atoms with Crippen molar-refractivity contribution in [3.63, 3.8) is 0 Å². The number of hydrogen-bond donors (Lipinski definition) is 0. The summed E-state index contributed by atoms with van der Waals surface area (Å²) in [7, 11) is 0.